The third kappa shape index (κ3) is 4.51. The number of aromatic nitrogens is 1. The van der Waals surface area contributed by atoms with Crippen LogP contribution in [-0.4, -0.2) is 29.5 Å². The number of nitrogens with one attached hydrogen (secondary N) is 2. The predicted molar refractivity (Wildman–Crippen MR) is 99.9 cm³/mol. The molecule has 3 rings (SSSR count). The highest BCUT2D eigenvalue weighted by Crippen LogP contribution is 2.28. The Kier molecular flexibility index (Phi) is 5.69. The standard InChI is InChI=1S/C20H22N4O2/c21-10-3-13-24-14-16(17-4-1-2-5-18(17)24)8-9-19(25)22-11-12-23-20(26)15-6-7-15/h1-2,4-5,8-9,14-15H,3,6-7,11-13H2,(H,22,25)(H,23,26). The van der Waals surface area contributed by atoms with E-state index in [4.69, 9.17) is 5.26 Å². The van der Waals surface area contributed by atoms with Crippen LogP contribution in [0.3, 0.4) is 0 Å². The smallest absolute Gasteiger partial charge is 0.244 e. The van der Waals surface area contributed by atoms with Gasteiger partial charge in [0.25, 0.3) is 0 Å². The Labute approximate surface area is 152 Å². The number of amides is 2. The van der Waals surface area contributed by atoms with E-state index < -0.39 is 0 Å². The number of hydrogen-bond donors (Lipinski definition) is 2. The second kappa shape index (κ2) is 8.34. The number of nitrogens with zero attached hydrogens (tertiary/aromatic N) is 2. The van der Waals surface area contributed by atoms with E-state index in [0.717, 1.165) is 29.3 Å². The van der Waals surface area contributed by atoms with Gasteiger partial charge in [-0.15, -0.1) is 0 Å². The molecule has 1 aliphatic carbocycles. The van der Waals surface area contributed by atoms with Gasteiger partial charge in [0.2, 0.25) is 11.8 Å². The first-order valence-corrected chi connectivity index (χ1v) is 8.87. The highest BCUT2D eigenvalue weighted by atomic mass is 16.2. The quantitative estimate of drug-likeness (QED) is 0.565. The molecule has 0 unspecified atom stereocenters. The van der Waals surface area contributed by atoms with Crippen LogP contribution in [0.1, 0.15) is 24.8 Å². The fraction of sp³-hybridized carbons (Fsp3) is 0.350. The number of hydrogen-bond acceptors (Lipinski definition) is 3. The summed E-state index contributed by atoms with van der Waals surface area (Å²) < 4.78 is 2.03. The van der Waals surface area contributed by atoms with Crippen LogP contribution in [0.4, 0.5) is 0 Å². The number of nitriles is 1. The van der Waals surface area contributed by atoms with Gasteiger partial charge in [-0.2, -0.15) is 5.26 Å². The van der Waals surface area contributed by atoms with Crippen molar-refractivity contribution >= 4 is 28.8 Å². The Hall–Kier alpha value is -3.07. The minimum atomic E-state index is -0.195. The number of fused-ring (bicyclic) bond motifs is 1. The molecule has 0 atom stereocenters. The first kappa shape index (κ1) is 17.7. The number of carbonyl (C=O) groups excluding carboxylic acids is 2. The molecule has 1 aliphatic rings. The minimum absolute atomic E-state index is 0.0833. The maximum atomic E-state index is 12.0. The SMILES string of the molecule is N#CCCn1cc(C=CC(=O)NCCNC(=O)C2CC2)c2ccccc21. The summed E-state index contributed by atoms with van der Waals surface area (Å²) in [5, 5.41) is 15.4. The summed E-state index contributed by atoms with van der Waals surface area (Å²) in [6.07, 6.45) is 7.63. The molecule has 0 radical (unpaired) electrons. The second-order valence-electron chi connectivity index (χ2n) is 6.39. The Morgan fingerprint density at radius 1 is 1.23 bits per heavy atom. The number of benzene rings is 1. The van der Waals surface area contributed by atoms with E-state index in [1.807, 2.05) is 35.0 Å². The lowest BCUT2D eigenvalue weighted by Crippen LogP contribution is -2.34. The van der Waals surface area contributed by atoms with Crippen molar-refractivity contribution in [3.63, 3.8) is 0 Å². The molecule has 2 amide bonds. The van der Waals surface area contributed by atoms with Gasteiger partial charge in [-0.3, -0.25) is 9.59 Å². The predicted octanol–water partition coefficient (Wildman–Crippen LogP) is 2.21. The highest BCUT2D eigenvalue weighted by Gasteiger charge is 2.28. The molecule has 6 nitrogen and oxygen atoms in total. The average molecular weight is 350 g/mol. The van der Waals surface area contributed by atoms with Gasteiger partial charge >= 0.3 is 0 Å². The molecular formula is C20H22N4O2. The molecule has 1 aromatic carbocycles. The van der Waals surface area contributed by atoms with E-state index in [1.54, 1.807) is 6.08 Å². The maximum absolute atomic E-state index is 12.0. The number of para-hydroxylation sites is 1. The summed E-state index contributed by atoms with van der Waals surface area (Å²) in [6, 6.07) is 10.1. The zero-order valence-electron chi connectivity index (χ0n) is 14.6. The number of carbonyl (C=O) groups is 2. The van der Waals surface area contributed by atoms with E-state index >= 15 is 0 Å². The molecule has 0 spiro atoms. The molecule has 0 aliphatic heterocycles. The van der Waals surface area contributed by atoms with Crippen molar-refractivity contribution in [3.05, 3.63) is 42.1 Å². The van der Waals surface area contributed by atoms with Crippen molar-refractivity contribution < 1.29 is 9.59 Å². The fourth-order valence-electron chi connectivity index (χ4n) is 2.85. The Morgan fingerprint density at radius 3 is 2.77 bits per heavy atom. The summed E-state index contributed by atoms with van der Waals surface area (Å²) in [6.45, 7) is 1.48. The van der Waals surface area contributed by atoms with Crippen molar-refractivity contribution in [1.29, 1.82) is 5.26 Å². The lowest BCUT2D eigenvalue weighted by Gasteiger charge is -2.04. The number of rotatable bonds is 8. The van der Waals surface area contributed by atoms with E-state index in [-0.39, 0.29) is 17.7 Å². The van der Waals surface area contributed by atoms with Crippen molar-refractivity contribution in [2.45, 2.75) is 25.8 Å². The fourth-order valence-corrected chi connectivity index (χ4v) is 2.85. The van der Waals surface area contributed by atoms with Gasteiger partial charge in [0.15, 0.2) is 0 Å². The van der Waals surface area contributed by atoms with Gasteiger partial charge in [-0.25, -0.2) is 0 Å². The molecule has 1 aromatic heterocycles. The van der Waals surface area contributed by atoms with Crippen molar-refractivity contribution in [2.24, 2.45) is 5.92 Å². The van der Waals surface area contributed by atoms with Gasteiger partial charge in [0, 0.05) is 54.3 Å². The van der Waals surface area contributed by atoms with Gasteiger partial charge in [-0.1, -0.05) is 18.2 Å². The van der Waals surface area contributed by atoms with Gasteiger partial charge < -0.3 is 15.2 Å². The van der Waals surface area contributed by atoms with E-state index in [9.17, 15) is 9.59 Å². The van der Waals surface area contributed by atoms with Crippen LogP contribution in [0.2, 0.25) is 0 Å². The van der Waals surface area contributed by atoms with Crippen LogP contribution in [0.15, 0.2) is 36.5 Å². The largest absolute Gasteiger partial charge is 0.354 e. The third-order valence-corrected chi connectivity index (χ3v) is 4.37. The van der Waals surface area contributed by atoms with Crippen LogP contribution in [0, 0.1) is 17.2 Å². The Bertz CT molecular complexity index is 872. The Morgan fingerprint density at radius 2 is 2.00 bits per heavy atom. The molecular weight excluding hydrogens is 328 g/mol. The third-order valence-electron chi connectivity index (χ3n) is 4.37. The summed E-state index contributed by atoms with van der Waals surface area (Å²) in [4.78, 5) is 23.5. The van der Waals surface area contributed by atoms with Crippen molar-refractivity contribution in [3.8, 4) is 6.07 Å². The average Bonchev–Trinajstić information content (AvgIpc) is 3.45. The summed E-state index contributed by atoms with van der Waals surface area (Å²) in [7, 11) is 0. The Balaban J connectivity index is 1.56. The molecule has 26 heavy (non-hydrogen) atoms. The zero-order chi connectivity index (χ0) is 18.4. The molecule has 0 saturated heterocycles. The first-order valence-electron chi connectivity index (χ1n) is 8.87. The lowest BCUT2D eigenvalue weighted by molar-refractivity contribution is -0.122. The first-order chi connectivity index (χ1) is 12.7. The normalized spacial score (nSPS) is 13.7. The highest BCUT2D eigenvalue weighted by molar-refractivity contribution is 5.96. The van der Waals surface area contributed by atoms with Gasteiger partial charge in [0.05, 0.1) is 12.5 Å². The minimum Gasteiger partial charge on any atom is -0.354 e. The molecule has 2 N–H and O–H groups in total. The van der Waals surface area contributed by atoms with Crippen molar-refractivity contribution in [1.82, 2.24) is 15.2 Å². The molecule has 2 aromatic rings. The van der Waals surface area contributed by atoms with E-state index in [0.29, 0.717) is 26.1 Å². The van der Waals surface area contributed by atoms with Crippen molar-refractivity contribution in [2.75, 3.05) is 13.1 Å². The van der Waals surface area contributed by atoms with Crippen LogP contribution in [-0.2, 0) is 16.1 Å². The summed E-state index contributed by atoms with van der Waals surface area (Å²) in [5.74, 6) is 0.0726. The monoisotopic (exact) mass is 350 g/mol. The summed E-state index contributed by atoms with van der Waals surface area (Å²) in [5.41, 5.74) is 1.99. The van der Waals surface area contributed by atoms with Crippen LogP contribution < -0.4 is 10.6 Å². The topological polar surface area (TPSA) is 86.9 Å². The molecule has 6 heteroatoms. The lowest BCUT2D eigenvalue weighted by atomic mass is 10.1. The molecule has 0 bridgehead atoms. The molecule has 1 saturated carbocycles. The molecule has 134 valence electrons. The van der Waals surface area contributed by atoms with Gasteiger partial charge in [-0.05, 0) is 25.0 Å². The van der Waals surface area contributed by atoms with Gasteiger partial charge in [0.1, 0.15) is 0 Å². The maximum Gasteiger partial charge on any atom is 0.244 e. The van der Waals surface area contributed by atoms with E-state index in [1.165, 1.54) is 6.08 Å². The van der Waals surface area contributed by atoms with Crippen LogP contribution in [0.5, 0.6) is 0 Å². The number of aryl methyl sites for hydroxylation is 1. The van der Waals surface area contributed by atoms with Crippen LogP contribution >= 0.6 is 0 Å². The van der Waals surface area contributed by atoms with E-state index in [2.05, 4.69) is 16.7 Å². The van der Waals surface area contributed by atoms with Crippen LogP contribution in [0.25, 0.3) is 17.0 Å². The summed E-state index contributed by atoms with van der Waals surface area (Å²) >= 11 is 0. The second-order valence-corrected chi connectivity index (χ2v) is 6.39. The molecule has 1 fully saturated rings. The zero-order valence-corrected chi connectivity index (χ0v) is 14.6. The molecule has 1 heterocycles.